The average Bonchev–Trinajstić information content (AvgIpc) is 2.81. The molecule has 0 aromatic carbocycles. The van der Waals surface area contributed by atoms with E-state index < -0.39 is 0 Å². The van der Waals surface area contributed by atoms with Gasteiger partial charge < -0.3 is 14.5 Å². The van der Waals surface area contributed by atoms with Gasteiger partial charge in [-0.15, -0.1) is 10.2 Å². The van der Waals surface area contributed by atoms with E-state index >= 15 is 0 Å². The van der Waals surface area contributed by atoms with Gasteiger partial charge in [0.25, 0.3) is 0 Å². The fourth-order valence-electron chi connectivity index (χ4n) is 3.02. The molecule has 1 aromatic heterocycles. The van der Waals surface area contributed by atoms with Crippen LogP contribution in [0.2, 0.25) is 0 Å². The second-order valence-corrected chi connectivity index (χ2v) is 6.63. The fraction of sp³-hybridized carbons (Fsp3) is 0.867. The van der Waals surface area contributed by atoms with E-state index in [2.05, 4.69) is 52.5 Å². The number of nitrogens with zero attached hydrogens (tertiary/aromatic N) is 5. The molecular weight excluding hydrogens is 266 g/mol. The third-order valence-electron chi connectivity index (χ3n) is 4.33. The Morgan fingerprint density at radius 2 is 1.90 bits per heavy atom. The summed E-state index contributed by atoms with van der Waals surface area (Å²) in [5.41, 5.74) is 0.300. The van der Waals surface area contributed by atoms with Crippen LogP contribution in [0.4, 0.5) is 5.95 Å². The van der Waals surface area contributed by atoms with E-state index in [0.717, 1.165) is 57.4 Å². The lowest BCUT2D eigenvalue weighted by Gasteiger charge is -2.39. The summed E-state index contributed by atoms with van der Waals surface area (Å²) in [7, 11) is 5.91. The topological polar surface area (TPSA) is 46.4 Å². The van der Waals surface area contributed by atoms with Crippen molar-refractivity contribution in [2.45, 2.75) is 39.8 Å². The largest absolute Gasteiger partial charge is 0.384 e. The molecule has 0 N–H and O–H groups in total. The molecule has 0 unspecified atom stereocenters. The summed E-state index contributed by atoms with van der Waals surface area (Å²) in [6.45, 7) is 9.11. The van der Waals surface area contributed by atoms with Crippen LogP contribution in [0.25, 0.3) is 0 Å². The van der Waals surface area contributed by atoms with Crippen LogP contribution in [0.15, 0.2) is 0 Å². The Hall–Kier alpha value is -1.14. The highest BCUT2D eigenvalue weighted by atomic mass is 16.5. The van der Waals surface area contributed by atoms with Gasteiger partial charge in [0.2, 0.25) is 5.95 Å². The molecule has 0 radical (unpaired) electrons. The van der Waals surface area contributed by atoms with Crippen molar-refractivity contribution in [1.29, 1.82) is 0 Å². The highest BCUT2D eigenvalue weighted by Crippen LogP contribution is 2.32. The number of ether oxygens (including phenoxy) is 1. The summed E-state index contributed by atoms with van der Waals surface area (Å²) in [6.07, 6.45) is 2.28. The third kappa shape index (κ3) is 3.74. The van der Waals surface area contributed by atoms with E-state index in [-0.39, 0.29) is 0 Å². The monoisotopic (exact) mass is 295 g/mol. The van der Waals surface area contributed by atoms with Crippen molar-refractivity contribution in [3.8, 4) is 0 Å². The van der Waals surface area contributed by atoms with Crippen molar-refractivity contribution < 1.29 is 4.74 Å². The molecule has 1 aliphatic rings. The van der Waals surface area contributed by atoms with Crippen LogP contribution in [0.1, 0.15) is 32.5 Å². The Labute approximate surface area is 128 Å². The standard InChI is InChI=1S/C15H29N5O/c1-6-20-13(11-18(3)4)16-17-14(20)19-9-7-15(2,8-10-19)12-21-5/h6-12H2,1-5H3. The molecule has 0 bridgehead atoms. The lowest BCUT2D eigenvalue weighted by molar-refractivity contribution is 0.0728. The third-order valence-corrected chi connectivity index (χ3v) is 4.33. The molecule has 0 atom stereocenters. The second-order valence-electron chi connectivity index (χ2n) is 6.63. The Kier molecular flexibility index (Phi) is 5.22. The van der Waals surface area contributed by atoms with Crippen LogP contribution in [0.5, 0.6) is 0 Å². The van der Waals surface area contributed by atoms with Gasteiger partial charge in [0.1, 0.15) is 5.82 Å². The van der Waals surface area contributed by atoms with Crippen LogP contribution in [0, 0.1) is 5.41 Å². The predicted octanol–water partition coefficient (Wildman–Crippen LogP) is 1.61. The van der Waals surface area contributed by atoms with Gasteiger partial charge in [-0.1, -0.05) is 6.92 Å². The molecule has 0 amide bonds. The highest BCUT2D eigenvalue weighted by molar-refractivity contribution is 5.32. The maximum Gasteiger partial charge on any atom is 0.227 e. The maximum absolute atomic E-state index is 5.36. The summed E-state index contributed by atoms with van der Waals surface area (Å²) in [5, 5.41) is 8.82. The summed E-state index contributed by atoms with van der Waals surface area (Å²) in [4.78, 5) is 4.50. The maximum atomic E-state index is 5.36. The predicted molar refractivity (Wildman–Crippen MR) is 84.5 cm³/mol. The molecule has 6 heteroatoms. The Morgan fingerprint density at radius 1 is 1.24 bits per heavy atom. The normalized spacial score (nSPS) is 18.5. The molecule has 0 aliphatic carbocycles. The second kappa shape index (κ2) is 6.75. The van der Waals surface area contributed by atoms with Crippen LogP contribution < -0.4 is 4.90 Å². The first-order valence-electron chi connectivity index (χ1n) is 7.80. The molecule has 21 heavy (non-hydrogen) atoms. The Morgan fingerprint density at radius 3 is 2.43 bits per heavy atom. The first-order chi connectivity index (χ1) is 9.99. The van der Waals surface area contributed by atoms with Gasteiger partial charge >= 0.3 is 0 Å². The molecule has 2 heterocycles. The molecule has 6 nitrogen and oxygen atoms in total. The molecule has 1 fully saturated rings. The smallest absolute Gasteiger partial charge is 0.227 e. The highest BCUT2D eigenvalue weighted by Gasteiger charge is 2.32. The van der Waals surface area contributed by atoms with Gasteiger partial charge in [-0.25, -0.2) is 0 Å². The van der Waals surface area contributed by atoms with Gasteiger partial charge in [0, 0.05) is 26.7 Å². The van der Waals surface area contributed by atoms with Crippen LogP contribution in [-0.2, 0) is 17.8 Å². The SMILES string of the molecule is CCn1c(CN(C)C)nnc1N1CCC(C)(COC)CC1. The van der Waals surface area contributed by atoms with E-state index in [1.165, 1.54) is 0 Å². The van der Waals surface area contributed by atoms with Crippen LogP contribution in [-0.4, -0.2) is 60.6 Å². The summed E-state index contributed by atoms with van der Waals surface area (Å²) in [6, 6.07) is 0. The minimum atomic E-state index is 0.300. The van der Waals surface area contributed by atoms with E-state index in [1.54, 1.807) is 7.11 Å². The molecule has 120 valence electrons. The number of anilines is 1. The van der Waals surface area contributed by atoms with Crippen LogP contribution in [0.3, 0.4) is 0 Å². The van der Waals surface area contributed by atoms with Gasteiger partial charge in [0.15, 0.2) is 0 Å². The first kappa shape index (κ1) is 16.2. The van der Waals surface area contributed by atoms with E-state index in [0.29, 0.717) is 5.41 Å². The van der Waals surface area contributed by atoms with Crippen LogP contribution >= 0.6 is 0 Å². The molecule has 1 aromatic rings. The van der Waals surface area contributed by atoms with Crippen molar-refractivity contribution >= 4 is 5.95 Å². The quantitative estimate of drug-likeness (QED) is 0.798. The minimum Gasteiger partial charge on any atom is -0.384 e. The van der Waals surface area contributed by atoms with Crippen molar-refractivity contribution in [2.24, 2.45) is 5.41 Å². The number of piperidine rings is 1. The Balaban J connectivity index is 2.08. The van der Waals surface area contributed by atoms with Gasteiger partial charge in [-0.2, -0.15) is 0 Å². The fourth-order valence-corrected chi connectivity index (χ4v) is 3.02. The lowest BCUT2D eigenvalue weighted by atomic mass is 9.81. The average molecular weight is 295 g/mol. The number of methoxy groups -OCH3 is 1. The summed E-state index contributed by atoms with van der Waals surface area (Å²) < 4.78 is 7.60. The minimum absolute atomic E-state index is 0.300. The summed E-state index contributed by atoms with van der Waals surface area (Å²) >= 11 is 0. The molecular formula is C15H29N5O. The zero-order valence-corrected chi connectivity index (χ0v) is 14.1. The number of hydrogen-bond acceptors (Lipinski definition) is 5. The van der Waals surface area contributed by atoms with Gasteiger partial charge in [-0.3, -0.25) is 4.57 Å². The van der Waals surface area contributed by atoms with E-state index in [4.69, 9.17) is 4.74 Å². The van der Waals surface area contributed by atoms with Gasteiger partial charge in [-0.05, 0) is 39.3 Å². The molecule has 1 saturated heterocycles. The Bertz CT molecular complexity index is 449. The molecule has 0 spiro atoms. The van der Waals surface area contributed by atoms with Crippen molar-refractivity contribution in [3.63, 3.8) is 0 Å². The van der Waals surface area contributed by atoms with E-state index in [1.807, 2.05) is 0 Å². The number of aromatic nitrogens is 3. The number of rotatable bonds is 6. The molecule has 0 saturated carbocycles. The van der Waals surface area contributed by atoms with Crippen molar-refractivity contribution in [3.05, 3.63) is 5.82 Å². The summed E-state index contributed by atoms with van der Waals surface area (Å²) in [5.74, 6) is 2.07. The van der Waals surface area contributed by atoms with E-state index in [9.17, 15) is 0 Å². The zero-order valence-electron chi connectivity index (χ0n) is 14.1. The number of hydrogen-bond donors (Lipinski definition) is 0. The van der Waals surface area contributed by atoms with Gasteiger partial charge in [0.05, 0.1) is 13.2 Å². The zero-order chi connectivity index (χ0) is 15.5. The molecule has 2 rings (SSSR count). The van der Waals surface area contributed by atoms with Crippen molar-refractivity contribution in [2.75, 3.05) is 45.8 Å². The molecule has 1 aliphatic heterocycles. The first-order valence-corrected chi connectivity index (χ1v) is 7.80. The lowest BCUT2D eigenvalue weighted by Crippen LogP contribution is -2.42. The van der Waals surface area contributed by atoms with Crippen molar-refractivity contribution in [1.82, 2.24) is 19.7 Å².